The molecule has 2 aromatic rings. The molecule has 2 nitrogen and oxygen atoms in total. The molecule has 94 valence electrons. The van der Waals surface area contributed by atoms with E-state index in [1.807, 2.05) is 0 Å². The third-order valence-corrected chi connectivity index (χ3v) is 2.67. The van der Waals surface area contributed by atoms with Gasteiger partial charge in [-0.2, -0.15) is 0 Å². The Morgan fingerprint density at radius 1 is 1.11 bits per heavy atom. The molecule has 0 saturated heterocycles. The van der Waals surface area contributed by atoms with Crippen LogP contribution in [0.5, 0.6) is 5.75 Å². The fourth-order valence-electron chi connectivity index (χ4n) is 1.80. The average molecular weight is 250 g/mol. The molecule has 2 rings (SSSR count). The summed E-state index contributed by atoms with van der Waals surface area (Å²) in [4.78, 5) is 0. The first-order valence-corrected chi connectivity index (χ1v) is 5.39. The Balaban J connectivity index is 2.48. The minimum Gasteiger partial charge on any atom is -0.496 e. The van der Waals surface area contributed by atoms with Gasteiger partial charge in [0.25, 0.3) is 0 Å². The molecule has 0 heterocycles. The van der Waals surface area contributed by atoms with Crippen molar-refractivity contribution in [2.24, 2.45) is 0 Å². The molecule has 0 aliphatic rings. The van der Waals surface area contributed by atoms with Gasteiger partial charge in [-0.1, -0.05) is 18.2 Å². The number of halogens is 2. The Kier molecular flexibility index (Phi) is 3.58. The van der Waals surface area contributed by atoms with Crippen molar-refractivity contribution in [3.05, 3.63) is 65.2 Å². The lowest BCUT2D eigenvalue weighted by Gasteiger charge is -2.15. The van der Waals surface area contributed by atoms with E-state index < -0.39 is 17.7 Å². The summed E-state index contributed by atoms with van der Waals surface area (Å²) in [5.41, 5.74) is 0.281. The van der Waals surface area contributed by atoms with Gasteiger partial charge in [0, 0.05) is 0 Å². The molecule has 4 heteroatoms. The van der Waals surface area contributed by atoms with Crippen LogP contribution in [0.3, 0.4) is 0 Å². The number of hydrogen-bond acceptors (Lipinski definition) is 2. The molecule has 1 atom stereocenters. The van der Waals surface area contributed by atoms with Gasteiger partial charge in [0.15, 0.2) is 0 Å². The predicted molar refractivity (Wildman–Crippen MR) is 63.4 cm³/mol. The summed E-state index contributed by atoms with van der Waals surface area (Å²) in [7, 11) is 1.39. The third-order valence-electron chi connectivity index (χ3n) is 2.67. The lowest BCUT2D eigenvalue weighted by molar-refractivity contribution is 0.208. The third kappa shape index (κ3) is 2.33. The number of benzene rings is 2. The number of rotatable bonds is 3. The maximum absolute atomic E-state index is 13.7. The summed E-state index contributed by atoms with van der Waals surface area (Å²) in [6.45, 7) is 0. The highest BCUT2D eigenvalue weighted by Crippen LogP contribution is 2.32. The highest BCUT2D eigenvalue weighted by molar-refractivity contribution is 5.41. The molecule has 0 amide bonds. The van der Waals surface area contributed by atoms with E-state index in [2.05, 4.69) is 0 Å². The molecule has 0 fully saturated rings. The Hall–Kier alpha value is -1.94. The minimum atomic E-state index is -1.27. The first kappa shape index (κ1) is 12.5. The molecular formula is C14H12F2O2. The Labute approximate surface area is 103 Å². The monoisotopic (exact) mass is 250 g/mol. The lowest BCUT2D eigenvalue weighted by Crippen LogP contribution is -2.05. The van der Waals surface area contributed by atoms with Crippen LogP contribution in [0.2, 0.25) is 0 Å². The van der Waals surface area contributed by atoms with Crippen molar-refractivity contribution in [3.8, 4) is 5.75 Å². The molecule has 0 saturated carbocycles. The maximum atomic E-state index is 13.7. The summed E-state index contributed by atoms with van der Waals surface area (Å²) >= 11 is 0. The van der Waals surface area contributed by atoms with Crippen LogP contribution in [0, 0.1) is 11.6 Å². The van der Waals surface area contributed by atoms with E-state index in [-0.39, 0.29) is 16.9 Å². The molecule has 0 bridgehead atoms. The van der Waals surface area contributed by atoms with Gasteiger partial charge in [-0.15, -0.1) is 0 Å². The number of methoxy groups -OCH3 is 1. The molecule has 1 N–H and O–H groups in total. The number of ether oxygens (including phenoxy) is 1. The number of aliphatic hydroxyl groups is 1. The van der Waals surface area contributed by atoms with Gasteiger partial charge in [-0.3, -0.25) is 0 Å². The summed E-state index contributed by atoms with van der Waals surface area (Å²) < 4.78 is 31.8. The van der Waals surface area contributed by atoms with Crippen molar-refractivity contribution in [1.82, 2.24) is 0 Å². The summed E-state index contributed by atoms with van der Waals surface area (Å²) in [5, 5.41) is 10.1. The zero-order chi connectivity index (χ0) is 13.1. The van der Waals surface area contributed by atoms with Crippen LogP contribution in [0.4, 0.5) is 8.78 Å². The van der Waals surface area contributed by atoms with E-state index in [0.717, 1.165) is 6.07 Å². The number of hydrogen-bond donors (Lipinski definition) is 1. The zero-order valence-corrected chi connectivity index (χ0v) is 9.73. The largest absolute Gasteiger partial charge is 0.496 e. The van der Waals surface area contributed by atoms with Crippen molar-refractivity contribution in [2.75, 3.05) is 7.11 Å². The molecular weight excluding hydrogens is 238 g/mol. The minimum absolute atomic E-state index is 0.00519. The predicted octanol–water partition coefficient (Wildman–Crippen LogP) is 3.06. The van der Waals surface area contributed by atoms with Crippen molar-refractivity contribution in [2.45, 2.75) is 6.10 Å². The van der Waals surface area contributed by atoms with Gasteiger partial charge in [0.1, 0.15) is 23.5 Å². The van der Waals surface area contributed by atoms with E-state index in [9.17, 15) is 13.9 Å². The molecule has 2 aromatic carbocycles. The molecule has 0 aliphatic heterocycles. The first-order chi connectivity index (χ1) is 8.63. The van der Waals surface area contributed by atoms with Gasteiger partial charge >= 0.3 is 0 Å². The molecule has 0 radical (unpaired) electrons. The van der Waals surface area contributed by atoms with E-state index >= 15 is 0 Å². The standard InChI is InChI=1S/C14H12F2O2/c1-18-12-7-3-6-11(16)13(12)14(17)9-4-2-5-10(15)8-9/h2-8,14,17H,1H3. The van der Waals surface area contributed by atoms with Gasteiger partial charge in [0.05, 0.1) is 12.7 Å². The Morgan fingerprint density at radius 3 is 2.50 bits per heavy atom. The fourth-order valence-corrected chi connectivity index (χ4v) is 1.80. The van der Waals surface area contributed by atoms with Gasteiger partial charge in [-0.05, 0) is 29.8 Å². The zero-order valence-electron chi connectivity index (χ0n) is 9.73. The molecule has 0 spiro atoms. The Bertz CT molecular complexity index is 555. The number of aliphatic hydroxyl groups excluding tert-OH is 1. The van der Waals surface area contributed by atoms with Crippen LogP contribution in [0.15, 0.2) is 42.5 Å². The van der Waals surface area contributed by atoms with Crippen molar-refractivity contribution in [3.63, 3.8) is 0 Å². The van der Waals surface area contributed by atoms with Gasteiger partial charge < -0.3 is 9.84 Å². The van der Waals surface area contributed by atoms with Crippen molar-refractivity contribution in [1.29, 1.82) is 0 Å². The molecule has 1 unspecified atom stereocenters. The normalized spacial score (nSPS) is 12.2. The second-order valence-corrected chi connectivity index (χ2v) is 3.81. The molecule has 0 aliphatic carbocycles. The van der Waals surface area contributed by atoms with Crippen molar-refractivity contribution >= 4 is 0 Å². The second kappa shape index (κ2) is 5.14. The SMILES string of the molecule is COc1cccc(F)c1C(O)c1cccc(F)c1. The maximum Gasteiger partial charge on any atom is 0.133 e. The highest BCUT2D eigenvalue weighted by atomic mass is 19.1. The van der Waals surface area contributed by atoms with E-state index in [4.69, 9.17) is 4.74 Å². The summed E-state index contributed by atoms with van der Waals surface area (Å²) in [5.74, 6) is -0.847. The van der Waals surface area contributed by atoms with Gasteiger partial charge in [0.2, 0.25) is 0 Å². The molecule has 0 aromatic heterocycles. The summed E-state index contributed by atoms with van der Waals surface area (Å²) in [6, 6.07) is 9.66. The van der Waals surface area contributed by atoms with Crippen LogP contribution in [-0.4, -0.2) is 12.2 Å². The lowest BCUT2D eigenvalue weighted by atomic mass is 10.00. The van der Waals surface area contributed by atoms with Crippen LogP contribution in [0.1, 0.15) is 17.2 Å². The van der Waals surface area contributed by atoms with Crippen LogP contribution in [0.25, 0.3) is 0 Å². The fraction of sp³-hybridized carbons (Fsp3) is 0.143. The summed E-state index contributed by atoms with van der Waals surface area (Å²) in [6.07, 6.45) is -1.27. The smallest absolute Gasteiger partial charge is 0.133 e. The first-order valence-electron chi connectivity index (χ1n) is 5.39. The Morgan fingerprint density at radius 2 is 1.83 bits per heavy atom. The van der Waals surface area contributed by atoms with E-state index in [1.165, 1.54) is 37.4 Å². The molecule has 18 heavy (non-hydrogen) atoms. The van der Waals surface area contributed by atoms with Crippen LogP contribution < -0.4 is 4.74 Å². The second-order valence-electron chi connectivity index (χ2n) is 3.81. The van der Waals surface area contributed by atoms with Gasteiger partial charge in [-0.25, -0.2) is 8.78 Å². The van der Waals surface area contributed by atoms with Crippen LogP contribution in [-0.2, 0) is 0 Å². The van der Waals surface area contributed by atoms with Crippen LogP contribution >= 0.6 is 0 Å². The quantitative estimate of drug-likeness (QED) is 0.907. The van der Waals surface area contributed by atoms with E-state index in [1.54, 1.807) is 6.07 Å². The topological polar surface area (TPSA) is 29.5 Å². The highest BCUT2D eigenvalue weighted by Gasteiger charge is 2.20. The van der Waals surface area contributed by atoms with Crippen molar-refractivity contribution < 1.29 is 18.6 Å². The average Bonchev–Trinajstić information content (AvgIpc) is 2.37. The van der Waals surface area contributed by atoms with E-state index in [0.29, 0.717) is 0 Å².